The van der Waals surface area contributed by atoms with E-state index in [9.17, 15) is 5.21 Å². The largest absolute Gasteiger partial charge is 0.733 e. The molecule has 0 aliphatic rings. The van der Waals surface area contributed by atoms with Crippen LogP contribution >= 0.6 is 11.3 Å². The van der Waals surface area contributed by atoms with Crippen LogP contribution < -0.4 is 15.7 Å². The van der Waals surface area contributed by atoms with Crippen molar-refractivity contribution in [3.63, 3.8) is 0 Å². The number of nitrogens with zero attached hydrogens (tertiary/aromatic N) is 2. The van der Waals surface area contributed by atoms with Gasteiger partial charge in [0.05, 0.1) is 18.5 Å². The summed E-state index contributed by atoms with van der Waals surface area (Å²) in [6.07, 6.45) is 0. The summed E-state index contributed by atoms with van der Waals surface area (Å²) in [4.78, 5) is 4.09. The number of aromatic nitrogens is 1. The number of nitrogen functional groups attached to an aromatic ring is 1. The van der Waals surface area contributed by atoms with Crippen LogP contribution in [-0.2, 0) is 0 Å². The van der Waals surface area contributed by atoms with Gasteiger partial charge in [0.1, 0.15) is 5.75 Å². The van der Waals surface area contributed by atoms with Crippen LogP contribution in [0.1, 0.15) is 0 Å². The summed E-state index contributed by atoms with van der Waals surface area (Å²) in [5, 5.41) is 21.9. The van der Waals surface area contributed by atoms with Crippen molar-refractivity contribution in [3.05, 3.63) is 28.8 Å². The molecule has 0 bridgehead atoms. The lowest BCUT2D eigenvalue weighted by Crippen LogP contribution is -2.08. The van der Waals surface area contributed by atoms with Crippen LogP contribution in [0.15, 0.2) is 23.6 Å². The normalized spacial score (nSPS) is 10.3. The monoisotopic (exact) mass is 252 g/mol. The average molecular weight is 252 g/mol. The van der Waals surface area contributed by atoms with Crippen LogP contribution in [0.5, 0.6) is 5.75 Å². The Balaban J connectivity index is 2.47. The maximum Gasteiger partial charge on any atom is 0.180 e. The fourth-order valence-corrected chi connectivity index (χ4v) is 1.99. The number of thiazole rings is 1. The van der Waals surface area contributed by atoms with Crippen LogP contribution in [-0.4, -0.2) is 17.3 Å². The van der Waals surface area contributed by atoms with Crippen LogP contribution in [0, 0.1) is 5.21 Å². The number of rotatable bonds is 3. The molecule has 17 heavy (non-hydrogen) atoms. The van der Waals surface area contributed by atoms with Crippen LogP contribution in [0.2, 0.25) is 0 Å². The molecule has 0 saturated heterocycles. The highest BCUT2D eigenvalue weighted by Crippen LogP contribution is 2.33. The minimum Gasteiger partial charge on any atom is -0.733 e. The molecule has 0 radical (unpaired) electrons. The topological polar surface area (TPSA) is 94.7 Å². The summed E-state index contributed by atoms with van der Waals surface area (Å²) in [5.41, 5.74) is 6.89. The van der Waals surface area contributed by atoms with Crippen molar-refractivity contribution in [1.29, 1.82) is 0 Å². The van der Waals surface area contributed by atoms with E-state index in [-0.39, 0.29) is 16.7 Å². The average Bonchev–Trinajstić information content (AvgIpc) is 2.75. The summed E-state index contributed by atoms with van der Waals surface area (Å²) >= 11 is 1.30. The van der Waals surface area contributed by atoms with E-state index < -0.39 is 0 Å². The van der Waals surface area contributed by atoms with E-state index in [1.54, 1.807) is 17.5 Å². The number of hydrogen-bond acceptors (Lipinski definition) is 7. The van der Waals surface area contributed by atoms with Crippen LogP contribution in [0.3, 0.4) is 0 Å². The Bertz CT molecular complexity index is 527. The first-order chi connectivity index (χ1) is 8.11. The van der Waals surface area contributed by atoms with Gasteiger partial charge in [0.2, 0.25) is 0 Å². The summed E-state index contributed by atoms with van der Waals surface area (Å²) in [6.45, 7) is 0. The molecule has 2 rings (SSSR count). The molecule has 1 aromatic carbocycles. The molecule has 3 N–H and O–H groups in total. The zero-order valence-electron chi connectivity index (χ0n) is 8.95. The molecule has 90 valence electrons. The maximum absolute atomic E-state index is 11.0. The molecule has 1 aromatic heterocycles. The van der Waals surface area contributed by atoms with Gasteiger partial charge in [0, 0.05) is 10.9 Å². The van der Waals surface area contributed by atoms with E-state index in [0.29, 0.717) is 16.4 Å². The van der Waals surface area contributed by atoms with Gasteiger partial charge in [-0.3, -0.25) is 5.21 Å². The summed E-state index contributed by atoms with van der Waals surface area (Å²) in [5.74, 6) is 0.287. The third-order valence-corrected chi connectivity index (χ3v) is 2.88. The van der Waals surface area contributed by atoms with Gasteiger partial charge in [0.25, 0.3) is 0 Å². The highest BCUT2D eigenvalue weighted by Gasteiger charge is 2.08. The van der Waals surface area contributed by atoms with Crippen molar-refractivity contribution in [2.75, 3.05) is 18.1 Å². The molecule has 0 amide bonds. The second-order valence-corrected chi connectivity index (χ2v) is 4.12. The maximum atomic E-state index is 11.0. The molecule has 2 aromatic rings. The second-order valence-electron chi connectivity index (χ2n) is 3.23. The predicted octanol–water partition coefficient (Wildman–Crippen LogP) is 2.09. The summed E-state index contributed by atoms with van der Waals surface area (Å²) < 4.78 is 4.96. The number of ether oxygens (including phenoxy) is 1. The van der Waals surface area contributed by atoms with Gasteiger partial charge in [0.15, 0.2) is 5.13 Å². The second kappa shape index (κ2) is 4.58. The lowest BCUT2D eigenvalue weighted by Gasteiger charge is -2.24. The number of hydrogen-bond donors (Lipinski definition) is 2. The first-order valence-corrected chi connectivity index (χ1v) is 5.55. The predicted molar refractivity (Wildman–Crippen MR) is 66.1 cm³/mol. The Kier molecular flexibility index (Phi) is 3.14. The minimum absolute atomic E-state index is 0.0246. The van der Waals surface area contributed by atoms with E-state index >= 15 is 0 Å². The number of benzene rings is 1. The molecule has 0 aliphatic carbocycles. The van der Waals surface area contributed by atoms with Crippen molar-refractivity contribution < 1.29 is 9.94 Å². The molecule has 0 atom stereocenters. The van der Waals surface area contributed by atoms with Crippen molar-refractivity contribution in [2.24, 2.45) is 0 Å². The summed E-state index contributed by atoms with van der Waals surface area (Å²) in [6, 6.07) is 4.81. The Morgan fingerprint density at radius 3 is 2.82 bits per heavy atom. The standard InChI is InChI=1S/C10H10N3O3S/c1-16-9-3-2-6(4-8(9)13(14)15)7-5-17-10(11)12-7/h2-5,14H,1H3,(H2,11,12)/q-1. The zero-order chi connectivity index (χ0) is 12.4. The molecular weight excluding hydrogens is 242 g/mol. The highest BCUT2D eigenvalue weighted by molar-refractivity contribution is 7.13. The van der Waals surface area contributed by atoms with Gasteiger partial charge in [-0.2, -0.15) is 0 Å². The fourth-order valence-electron chi connectivity index (χ4n) is 1.42. The molecule has 0 aliphatic heterocycles. The van der Waals surface area contributed by atoms with Crippen molar-refractivity contribution >= 4 is 22.2 Å². The van der Waals surface area contributed by atoms with Gasteiger partial charge in [-0.05, 0) is 18.2 Å². The van der Waals surface area contributed by atoms with E-state index in [1.807, 2.05) is 0 Å². The Hall–Kier alpha value is -1.83. The summed E-state index contributed by atoms with van der Waals surface area (Å²) in [7, 11) is 1.42. The van der Waals surface area contributed by atoms with Gasteiger partial charge in [-0.25, -0.2) is 4.98 Å². The van der Waals surface area contributed by atoms with Crippen LogP contribution in [0.4, 0.5) is 10.8 Å². The fraction of sp³-hybridized carbons (Fsp3) is 0.100. The molecule has 6 nitrogen and oxygen atoms in total. The number of methoxy groups -OCH3 is 1. The molecule has 0 unspecified atom stereocenters. The molecule has 1 heterocycles. The van der Waals surface area contributed by atoms with Crippen molar-refractivity contribution in [3.8, 4) is 17.0 Å². The third-order valence-electron chi connectivity index (χ3n) is 2.20. The first kappa shape index (κ1) is 11.6. The molecule has 0 saturated carbocycles. The van der Waals surface area contributed by atoms with E-state index in [1.165, 1.54) is 24.5 Å². The van der Waals surface area contributed by atoms with E-state index in [2.05, 4.69) is 4.98 Å². The van der Waals surface area contributed by atoms with Gasteiger partial charge < -0.3 is 20.9 Å². The molecule has 7 heteroatoms. The van der Waals surface area contributed by atoms with E-state index in [0.717, 1.165) is 0 Å². The lowest BCUT2D eigenvalue weighted by atomic mass is 10.1. The van der Waals surface area contributed by atoms with Gasteiger partial charge in [-0.15, -0.1) is 11.3 Å². The van der Waals surface area contributed by atoms with Crippen LogP contribution in [0.25, 0.3) is 11.3 Å². The number of anilines is 2. The Morgan fingerprint density at radius 2 is 2.29 bits per heavy atom. The third kappa shape index (κ3) is 2.31. The quantitative estimate of drug-likeness (QED) is 0.812. The zero-order valence-corrected chi connectivity index (χ0v) is 9.77. The Labute approximate surface area is 101 Å². The SMILES string of the molecule is COc1ccc(-c2csc(N)n2)cc1N([O-])O. The van der Waals surface area contributed by atoms with Gasteiger partial charge in [-0.1, -0.05) is 0 Å². The lowest BCUT2D eigenvalue weighted by molar-refractivity contribution is 0.290. The molecule has 0 spiro atoms. The minimum atomic E-state index is -0.238. The van der Waals surface area contributed by atoms with Crippen molar-refractivity contribution in [2.45, 2.75) is 0 Å². The van der Waals surface area contributed by atoms with Gasteiger partial charge >= 0.3 is 0 Å². The Morgan fingerprint density at radius 1 is 1.53 bits per heavy atom. The smallest absolute Gasteiger partial charge is 0.180 e. The first-order valence-electron chi connectivity index (χ1n) is 4.67. The highest BCUT2D eigenvalue weighted by atomic mass is 32.1. The van der Waals surface area contributed by atoms with Crippen molar-refractivity contribution in [1.82, 2.24) is 4.98 Å². The molecular formula is C10H10N3O3S-. The van der Waals surface area contributed by atoms with E-state index in [4.69, 9.17) is 15.7 Å². The molecule has 0 fully saturated rings. The number of nitrogens with two attached hydrogens (primary N) is 1.